The summed E-state index contributed by atoms with van der Waals surface area (Å²) in [6, 6.07) is 5.56. The van der Waals surface area contributed by atoms with E-state index in [0.717, 1.165) is 11.1 Å². The summed E-state index contributed by atoms with van der Waals surface area (Å²) in [6.45, 7) is 2.07. The van der Waals surface area contributed by atoms with Crippen molar-refractivity contribution >= 4 is 46.5 Å². The molecular weight excluding hydrogens is 328 g/mol. The van der Waals surface area contributed by atoms with E-state index in [1.54, 1.807) is 0 Å². The fourth-order valence-electron chi connectivity index (χ4n) is 2.01. The first-order valence-electron chi connectivity index (χ1n) is 6.49. The van der Waals surface area contributed by atoms with Crippen molar-refractivity contribution in [2.24, 2.45) is 4.99 Å². The van der Waals surface area contributed by atoms with Gasteiger partial charge in [0.1, 0.15) is 0 Å². The molecule has 1 aromatic carbocycles. The predicted molar refractivity (Wildman–Crippen MR) is 86.1 cm³/mol. The van der Waals surface area contributed by atoms with E-state index in [1.165, 1.54) is 16.7 Å². The Labute approximate surface area is 137 Å². The topological polar surface area (TPSA) is 79.2 Å². The third-order valence-corrected chi connectivity index (χ3v) is 3.99. The molecule has 6 nitrogen and oxygen atoms in total. The van der Waals surface area contributed by atoms with Gasteiger partial charge < -0.3 is 9.84 Å². The van der Waals surface area contributed by atoms with Crippen LogP contribution in [-0.2, 0) is 20.9 Å². The molecule has 0 aliphatic carbocycles. The quantitative estimate of drug-likeness (QED) is 0.628. The molecule has 0 radical (unpaired) electrons. The van der Waals surface area contributed by atoms with Gasteiger partial charge in [-0.25, -0.2) is 0 Å². The van der Waals surface area contributed by atoms with E-state index < -0.39 is 5.56 Å². The number of hydrogen-bond donors (Lipinski definition) is 1. The molecule has 118 valence electrons. The minimum atomic E-state index is -1.08. The summed E-state index contributed by atoms with van der Waals surface area (Å²) in [5.74, 6) is 0.0937. The van der Waals surface area contributed by atoms with E-state index >= 15 is 0 Å². The molecule has 0 saturated carbocycles. The van der Waals surface area contributed by atoms with Crippen LogP contribution in [0.5, 0.6) is 0 Å². The van der Waals surface area contributed by atoms with Crippen molar-refractivity contribution in [3.8, 4) is 0 Å². The first-order chi connectivity index (χ1) is 10.5. The number of anilines is 1. The summed E-state index contributed by atoms with van der Waals surface area (Å²) in [6.07, 6.45) is 0.420. The van der Waals surface area contributed by atoms with Crippen LogP contribution in [0.25, 0.3) is 0 Å². The van der Waals surface area contributed by atoms with E-state index in [2.05, 4.69) is 4.99 Å². The number of aliphatic imine (C=N–C) groups is 1. The normalized spacial score (nSPS) is 18.0. The largest absolute Gasteiger partial charge is 0.375 e. The van der Waals surface area contributed by atoms with Crippen LogP contribution in [0.2, 0.25) is 0 Å². The predicted octanol–water partition coefficient (Wildman–Crippen LogP) is 1.66. The lowest BCUT2D eigenvalue weighted by Gasteiger charge is -2.20. The van der Waals surface area contributed by atoms with Crippen LogP contribution in [0, 0.1) is 6.92 Å². The van der Waals surface area contributed by atoms with Crippen molar-refractivity contribution in [2.45, 2.75) is 19.1 Å². The molecule has 1 saturated heterocycles. The van der Waals surface area contributed by atoms with Gasteiger partial charge in [0.05, 0.1) is 24.7 Å². The number of ether oxygens (including phenoxy) is 1. The number of alkyl halides is 1. The summed E-state index contributed by atoms with van der Waals surface area (Å²) in [5, 5.41) is 9.38. The number of halogens is 1. The molecule has 2 amide bonds. The molecule has 1 unspecified atom stereocenters. The Kier molecular flexibility index (Phi) is 5.96. The first kappa shape index (κ1) is 17.0. The lowest BCUT2D eigenvalue weighted by Crippen LogP contribution is -2.30. The Morgan fingerprint density at radius 2 is 2.36 bits per heavy atom. The number of carbonyl (C=O) groups excluding carboxylic acids is 2. The fraction of sp³-hybridized carbons (Fsp3) is 0.357. The molecule has 22 heavy (non-hydrogen) atoms. The van der Waals surface area contributed by atoms with Crippen LogP contribution in [0.1, 0.15) is 11.1 Å². The maximum atomic E-state index is 12.1. The molecule has 1 N–H and O–H groups in total. The number of hydrogen-bond acceptors (Lipinski definition) is 5. The lowest BCUT2D eigenvalue weighted by atomic mass is 10.1. The number of amidine groups is 1. The smallest absolute Gasteiger partial charge is 0.243 e. The number of benzene rings is 1. The van der Waals surface area contributed by atoms with Gasteiger partial charge in [-0.1, -0.05) is 35.5 Å². The number of thioether (sulfide) groups is 1. The summed E-state index contributed by atoms with van der Waals surface area (Å²) in [5.41, 5.74) is 1.26. The number of amides is 2. The fourth-order valence-corrected chi connectivity index (χ4v) is 2.93. The average Bonchev–Trinajstić information content (AvgIpc) is 2.81. The zero-order valence-corrected chi connectivity index (χ0v) is 13.4. The molecule has 2 rings (SSSR count). The van der Waals surface area contributed by atoms with Gasteiger partial charge in [-0.3, -0.25) is 14.5 Å². The molecule has 0 bridgehead atoms. The molecule has 0 aromatic heterocycles. The van der Waals surface area contributed by atoms with Crippen LogP contribution >= 0.6 is 23.4 Å². The molecule has 1 fully saturated rings. The van der Waals surface area contributed by atoms with Gasteiger partial charge in [0.2, 0.25) is 12.3 Å². The summed E-state index contributed by atoms with van der Waals surface area (Å²) < 4.78 is 5.32. The summed E-state index contributed by atoms with van der Waals surface area (Å²) in [7, 11) is 0. The standard InChI is InChI=1S/C14H15ClN2O4S/c1-9-2-3-10(5-21-6-12(15)19)11(4-9)17-13(20)7-22-14(17)16-8-18/h2-4,8,12,19H,5-7H2,1H3. The van der Waals surface area contributed by atoms with Crippen molar-refractivity contribution in [1.82, 2.24) is 0 Å². The Morgan fingerprint density at radius 1 is 1.59 bits per heavy atom. The van der Waals surface area contributed by atoms with Crippen LogP contribution in [0.4, 0.5) is 5.69 Å². The van der Waals surface area contributed by atoms with Crippen LogP contribution in [-0.4, -0.2) is 40.5 Å². The van der Waals surface area contributed by atoms with Crippen molar-refractivity contribution in [3.63, 3.8) is 0 Å². The molecule has 1 aromatic rings. The Morgan fingerprint density at radius 3 is 3.05 bits per heavy atom. The van der Waals surface area contributed by atoms with Crippen LogP contribution in [0.15, 0.2) is 23.2 Å². The van der Waals surface area contributed by atoms with Crippen molar-refractivity contribution in [3.05, 3.63) is 29.3 Å². The van der Waals surface area contributed by atoms with Gasteiger partial charge in [-0.05, 0) is 18.6 Å². The number of aliphatic hydroxyl groups excluding tert-OH is 1. The highest BCUT2D eigenvalue weighted by Crippen LogP contribution is 2.31. The second-order valence-corrected chi connectivity index (χ2v) is 6.06. The molecule has 1 heterocycles. The van der Waals surface area contributed by atoms with Crippen LogP contribution in [0.3, 0.4) is 0 Å². The van der Waals surface area contributed by atoms with E-state index in [-0.39, 0.29) is 24.9 Å². The average molecular weight is 343 g/mol. The van der Waals surface area contributed by atoms with E-state index in [4.69, 9.17) is 21.4 Å². The Balaban J connectivity index is 2.31. The van der Waals surface area contributed by atoms with Crippen LogP contribution < -0.4 is 4.90 Å². The monoisotopic (exact) mass is 342 g/mol. The SMILES string of the molecule is Cc1ccc(COCC(O)Cl)c(N2C(=O)CSC2=NC=O)c1. The number of rotatable bonds is 6. The summed E-state index contributed by atoms with van der Waals surface area (Å²) >= 11 is 6.64. The third-order valence-electron chi connectivity index (χ3n) is 2.92. The third kappa shape index (κ3) is 4.07. The van der Waals surface area contributed by atoms with E-state index in [9.17, 15) is 9.59 Å². The molecule has 1 atom stereocenters. The zero-order valence-electron chi connectivity index (χ0n) is 11.9. The maximum Gasteiger partial charge on any atom is 0.243 e. The second-order valence-electron chi connectivity index (χ2n) is 4.62. The summed E-state index contributed by atoms with van der Waals surface area (Å²) in [4.78, 5) is 27.9. The van der Waals surface area contributed by atoms with Crippen molar-refractivity contribution < 1.29 is 19.4 Å². The number of aryl methyl sites for hydroxylation is 1. The second kappa shape index (κ2) is 7.73. The minimum absolute atomic E-state index is 0.0210. The van der Waals surface area contributed by atoms with Gasteiger partial charge >= 0.3 is 0 Å². The van der Waals surface area contributed by atoms with Gasteiger partial charge in [-0.2, -0.15) is 4.99 Å². The first-order valence-corrected chi connectivity index (χ1v) is 7.91. The van der Waals surface area contributed by atoms with Crippen molar-refractivity contribution in [2.75, 3.05) is 17.3 Å². The highest BCUT2D eigenvalue weighted by molar-refractivity contribution is 8.15. The Bertz CT molecular complexity index is 607. The molecular formula is C14H15ClN2O4S. The van der Waals surface area contributed by atoms with E-state index in [0.29, 0.717) is 17.3 Å². The van der Waals surface area contributed by atoms with E-state index in [1.807, 2.05) is 25.1 Å². The number of nitrogens with zero attached hydrogens (tertiary/aromatic N) is 2. The number of aliphatic hydroxyl groups is 1. The molecule has 8 heteroatoms. The molecule has 1 aliphatic rings. The lowest BCUT2D eigenvalue weighted by molar-refractivity contribution is -0.115. The maximum absolute atomic E-state index is 12.1. The van der Waals surface area contributed by atoms with Gasteiger partial charge in [0.25, 0.3) is 0 Å². The highest BCUT2D eigenvalue weighted by Gasteiger charge is 2.31. The van der Waals surface area contributed by atoms with Gasteiger partial charge in [0.15, 0.2) is 10.7 Å². The van der Waals surface area contributed by atoms with Gasteiger partial charge in [0, 0.05) is 5.56 Å². The highest BCUT2D eigenvalue weighted by atomic mass is 35.5. The number of carbonyl (C=O) groups is 2. The zero-order chi connectivity index (χ0) is 16.1. The molecule has 1 aliphatic heterocycles. The van der Waals surface area contributed by atoms with Crippen molar-refractivity contribution in [1.29, 1.82) is 0 Å². The Hall–Kier alpha value is -1.41. The van der Waals surface area contributed by atoms with Gasteiger partial charge in [-0.15, -0.1) is 0 Å². The molecule has 0 spiro atoms. The minimum Gasteiger partial charge on any atom is -0.375 e.